The van der Waals surface area contributed by atoms with E-state index in [9.17, 15) is 5.11 Å². The highest BCUT2D eigenvalue weighted by atomic mass is 16.5. The molecule has 2 aromatic carbocycles. The largest absolute Gasteiger partial charge is 0.388 e. The highest BCUT2D eigenvalue weighted by Crippen LogP contribution is 2.24. The molecule has 0 aliphatic carbocycles. The van der Waals surface area contributed by atoms with Crippen molar-refractivity contribution in [3.05, 3.63) is 48.0 Å². The third-order valence-corrected chi connectivity index (χ3v) is 3.41. The summed E-state index contributed by atoms with van der Waals surface area (Å²) in [5, 5.41) is 12.6. The quantitative estimate of drug-likeness (QED) is 0.869. The first-order chi connectivity index (χ1) is 8.70. The van der Waals surface area contributed by atoms with E-state index in [1.165, 1.54) is 10.8 Å². The molecule has 0 bridgehead atoms. The van der Waals surface area contributed by atoms with Gasteiger partial charge in [0.1, 0.15) is 0 Å². The van der Waals surface area contributed by atoms with Crippen LogP contribution in [0.3, 0.4) is 0 Å². The van der Waals surface area contributed by atoms with E-state index in [2.05, 4.69) is 24.3 Å². The first-order valence-electron chi connectivity index (χ1n) is 6.40. The summed E-state index contributed by atoms with van der Waals surface area (Å²) in [7, 11) is 1.70. The lowest BCUT2D eigenvalue weighted by Crippen LogP contribution is -2.07. The summed E-state index contributed by atoms with van der Waals surface area (Å²) >= 11 is 0. The Morgan fingerprint density at radius 1 is 1.06 bits per heavy atom. The van der Waals surface area contributed by atoms with Gasteiger partial charge >= 0.3 is 0 Å². The molecule has 18 heavy (non-hydrogen) atoms. The zero-order valence-electron chi connectivity index (χ0n) is 11.0. The molecule has 0 radical (unpaired) electrons. The molecule has 0 aromatic heterocycles. The monoisotopic (exact) mass is 244 g/mol. The lowest BCUT2D eigenvalue weighted by Gasteiger charge is -2.14. The molecule has 0 aliphatic heterocycles. The molecule has 2 heteroatoms. The highest BCUT2D eigenvalue weighted by molar-refractivity contribution is 5.83. The molecule has 96 valence electrons. The summed E-state index contributed by atoms with van der Waals surface area (Å²) in [6.07, 6.45) is 1.38. The Bertz CT molecular complexity index is 507. The van der Waals surface area contributed by atoms with Crippen LogP contribution in [0.25, 0.3) is 10.8 Å². The Kier molecular flexibility index (Phi) is 4.34. The number of hydrogen-bond acceptors (Lipinski definition) is 2. The Labute approximate surface area is 108 Å². The average molecular weight is 244 g/mol. The minimum absolute atomic E-state index is 0.195. The number of rotatable bonds is 5. The van der Waals surface area contributed by atoms with E-state index < -0.39 is 6.10 Å². The third kappa shape index (κ3) is 3.09. The summed E-state index contributed by atoms with van der Waals surface area (Å²) in [4.78, 5) is 0. The van der Waals surface area contributed by atoms with Crippen LogP contribution in [0, 0.1) is 0 Å². The van der Waals surface area contributed by atoms with Crippen LogP contribution in [0.2, 0.25) is 0 Å². The number of benzene rings is 2. The van der Waals surface area contributed by atoms with Crippen LogP contribution in [-0.2, 0) is 4.74 Å². The van der Waals surface area contributed by atoms with E-state index in [1.54, 1.807) is 7.11 Å². The van der Waals surface area contributed by atoms with Gasteiger partial charge in [0.05, 0.1) is 12.2 Å². The van der Waals surface area contributed by atoms with Gasteiger partial charge in [-0.05, 0) is 42.2 Å². The molecule has 2 atom stereocenters. The number of methoxy groups -OCH3 is 1. The molecule has 0 amide bonds. The number of aliphatic hydroxyl groups is 1. The van der Waals surface area contributed by atoms with Crippen LogP contribution in [0.5, 0.6) is 0 Å². The van der Waals surface area contributed by atoms with E-state index in [4.69, 9.17) is 4.74 Å². The Balaban J connectivity index is 2.10. The van der Waals surface area contributed by atoms with Gasteiger partial charge < -0.3 is 9.84 Å². The second kappa shape index (κ2) is 5.98. The SMILES string of the molecule is COC(C)CCC(O)c1ccc2ccccc2c1. The fraction of sp³-hybridized carbons (Fsp3) is 0.375. The minimum atomic E-state index is -0.410. The molecule has 0 saturated heterocycles. The topological polar surface area (TPSA) is 29.5 Å². The lowest BCUT2D eigenvalue weighted by atomic mass is 10.00. The van der Waals surface area contributed by atoms with Gasteiger partial charge in [-0.2, -0.15) is 0 Å². The summed E-state index contributed by atoms with van der Waals surface area (Å²) in [5.74, 6) is 0. The van der Waals surface area contributed by atoms with Crippen molar-refractivity contribution in [3.63, 3.8) is 0 Å². The van der Waals surface area contributed by atoms with Gasteiger partial charge in [0.2, 0.25) is 0 Å². The third-order valence-electron chi connectivity index (χ3n) is 3.41. The summed E-state index contributed by atoms with van der Waals surface area (Å²) in [6.45, 7) is 2.02. The van der Waals surface area contributed by atoms with Crippen molar-refractivity contribution in [3.8, 4) is 0 Å². The van der Waals surface area contributed by atoms with Gasteiger partial charge in [0.15, 0.2) is 0 Å². The molecule has 2 nitrogen and oxygen atoms in total. The molecule has 0 aliphatic rings. The maximum Gasteiger partial charge on any atom is 0.0791 e. The number of aliphatic hydroxyl groups excluding tert-OH is 1. The van der Waals surface area contributed by atoms with Crippen LogP contribution < -0.4 is 0 Å². The fourth-order valence-electron chi connectivity index (χ4n) is 2.09. The Morgan fingerprint density at radius 3 is 2.50 bits per heavy atom. The predicted molar refractivity (Wildman–Crippen MR) is 74.6 cm³/mol. The van der Waals surface area contributed by atoms with E-state index >= 15 is 0 Å². The summed E-state index contributed by atoms with van der Waals surface area (Å²) < 4.78 is 5.20. The molecular weight excluding hydrogens is 224 g/mol. The zero-order valence-corrected chi connectivity index (χ0v) is 11.0. The molecular formula is C16H20O2. The molecule has 0 spiro atoms. The Hall–Kier alpha value is -1.38. The molecule has 2 unspecified atom stereocenters. The molecule has 2 rings (SSSR count). The molecule has 1 N–H and O–H groups in total. The maximum atomic E-state index is 10.2. The number of hydrogen-bond donors (Lipinski definition) is 1. The first-order valence-corrected chi connectivity index (χ1v) is 6.40. The van der Waals surface area contributed by atoms with E-state index in [-0.39, 0.29) is 6.10 Å². The lowest BCUT2D eigenvalue weighted by molar-refractivity contribution is 0.0851. The van der Waals surface area contributed by atoms with Gasteiger partial charge in [-0.1, -0.05) is 36.4 Å². The van der Waals surface area contributed by atoms with E-state index in [1.807, 2.05) is 25.1 Å². The second-order valence-corrected chi connectivity index (χ2v) is 4.75. The summed E-state index contributed by atoms with van der Waals surface area (Å²) in [6, 6.07) is 14.3. The van der Waals surface area contributed by atoms with Crippen LogP contribution in [0.15, 0.2) is 42.5 Å². The van der Waals surface area contributed by atoms with Gasteiger partial charge in [-0.25, -0.2) is 0 Å². The zero-order chi connectivity index (χ0) is 13.0. The van der Waals surface area contributed by atoms with Crippen molar-refractivity contribution >= 4 is 10.8 Å². The number of fused-ring (bicyclic) bond motifs is 1. The minimum Gasteiger partial charge on any atom is -0.388 e. The highest BCUT2D eigenvalue weighted by Gasteiger charge is 2.10. The van der Waals surface area contributed by atoms with Gasteiger partial charge in [0.25, 0.3) is 0 Å². The van der Waals surface area contributed by atoms with Crippen molar-refractivity contribution < 1.29 is 9.84 Å². The van der Waals surface area contributed by atoms with Crippen LogP contribution in [0.4, 0.5) is 0 Å². The van der Waals surface area contributed by atoms with Gasteiger partial charge in [-0.3, -0.25) is 0 Å². The molecule has 0 heterocycles. The maximum absolute atomic E-state index is 10.2. The predicted octanol–water partition coefficient (Wildman–Crippen LogP) is 3.69. The second-order valence-electron chi connectivity index (χ2n) is 4.75. The molecule has 0 saturated carbocycles. The molecule has 0 fully saturated rings. The van der Waals surface area contributed by atoms with Crippen molar-refractivity contribution in [1.82, 2.24) is 0 Å². The van der Waals surface area contributed by atoms with Crippen molar-refractivity contribution in [2.45, 2.75) is 32.0 Å². The summed E-state index contributed by atoms with van der Waals surface area (Å²) in [5.41, 5.74) is 0.983. The fourth-order valence-corrected chi connectivity index (χ4v) is 2.09. The van der Waals surface area contributed by atoms with Gasteiger partial charge in [-0.15, -0.1) is 0 Å². The smallest absolute Gasteiger partial charge is 0.0791 e. The van der Waals surface area contributed by atoms with Gasteiger partial charge in [0, 0.05) is 7.11 Å². The van der Waals surface area contributed by atoms with E-state index in [0.29, 0.717) is 0 Å². The standard InChI is InChI=1S/C16H20O2/c1-12(18-2)7-10-16(17)15-9-8-13-5-3-4-6-14(13)11-15/h3-6,8-9,11-12,16-17H,7,10H2,1-2H3. The van der Waals surface area contributed by atoms with E-state index in [0.717, 1.165) is 18.4 Å². The number of ether oxygens (including phenoxy) is 1. The average Bonchev–Trinajstić information content (AvgIpc) is 2.43. The van der Waals surface area contributed by atoms with Crippen LogP contribution >= 0.6 is 0 Å². The van der Waals surface area contributed by atoms with Crippen LogP contribution in [-0.4, -0.2) is 18.3 Å². The molecule has 2 aromatic rings. The Morgan fingerprint density at radius 2 is 1.78 bits per heavy atom. The van der Waals surface area contributed by atoms with Crippen molar-refractivity contribution in [1.29, 1.82) is 0 Å². The normalized spacial score (nSPS) is 14.6. The van der Waals surface area contributed by atoms with Crippen molar-refractivity contribution in [2.75, 3.05) is 7.11 Å². The van der Waals surface area contributed by atoms with Crippen LogP contribution in [0.1, 0.15) is 31.4 Å². The van der Waals surface area contributed by atoms with Crippen molar-refractivity contribution in [2.24, 2.45) is 0 Å². The first kappa shape index (κ1) is 13.1.